The van der Waals surface area contributed by atoms with Gasteiger partial charge < -0.3 is 10.1 Å². The molecule has 0 aliphatic rings. The van der Waals surface area contributed by atoms with Crippen LogP contribution >= 0.6 is 11.8 Å². The Kier molecular flexibility index (Phi) is 7.90. The van der Waals surface area contributed by atoms with Crippen LogP contribution in [0.3, 0.4) is 0 Å². The molecule has 0 atom stereocenters. The molecule has 0 aliphatic heterocycles. The second-order valence-corrected chi connectivity index (χ2v) is 7.87. The van der Waals surface area contributed by atoms with Crippen molar-refractivity contribution in [3.05, 3.63) is 54.1 Å². The van der Waals surface area contributed by atoms with E-state index < -0.39 is 0 Å². The molecule has 1 heterocycles. The maximum absolute atomic E-state index is 12.2. The van der Waals surface area contributed by atoms with Crippen LogP contribution in [0.4, 0.5) is 0 Å². The summed E-state index contributed by atoms with van der Waals surface area (Å²) in [5.74, 6) is 1.87. The Labute approximate surface area is 182 Å². The fourth-order valence-corrected chi connectivity index (χ4v) is 3.79. The van der Waals surface area contributed by atoms with Crippen LogP contribution in [-0.4, -0.2) is 39.6 Å². The lowest BCUT2D eigenvalue weighted by Gasteiger charge is -2.12. The molecule has 0 aliphatic carbocycles. The molecule has 2 aromatic carbocycles. The van der Waals surface area contributed by atoms with Crippen molar-refractivity contribution in [1.82, 2.24) is 20.1 Å². The minimum Gasteiger partial charge on any atom is -0.494 e. The highest BCUT2D eigenvalue weighted by molar-refractivity contribution is 7.99. The third-order valence-corrected chi connectivity index (χ3v) is 5.43. The maximum atomic E-state index is 12.2. The normalized spacial score (nSPS) is 10.8. The quantitative estimate of drug-likeness (QED) is 0.379. The minimum atomic E-state index is 0.00630. The first-order chi connectivity index (χ1) is 14.6. The molecule has 0 spiro atoms. The number of nitrogens with zero attached hydrogens (tertiary/aromatic N) is 3. The van der Waals surface area contributed by atoms with Gasteiger partial charge in [-0.15, -0.1) is 10.2 Å². The Morgan fingerprint density at radius 3 is 2.63 bits per heavy atom. The van der Waals surface area contributed by atoms with Gasteiger partial charge in [-0.25, -0.2) is 0 Å². The van der Waals surface area contributed by atoms with E-state index >= 15 is 0 Å². The van der Waals surface area contributed by atoms with E-state index in [0.717, 1.165) is 41.2 Å². The average Bonchev–Trinajstić information content (AvgIpc) is 3.17. The van der Waals surface area contributed by atoms with Crippen molar-refractivity contribution < 1.29 is 9.53 Å². The van der Waals surface area contributed by atoms with Crippen LogP contribution < -0.4 is 10.1 Å². The minimum absolute atomic E-state index is 0.00630. The number of ether oxygens (including phenoxy) is 1. The van der Waals surface area contributed by atoms with E-state index in [9.17, 15) is 4.79 Å². The monoisotopic (exact) mass is 424 g/mol. The Morgan fingerprint density at radius 1 is 1.13 bits per heavy atom. The fraction of sp³-hybridized carbons (Fsp3) is 0.348. The van der Waals surface area contributed by atoms with Crippen LogP contribution in [0, 0.1) is 6.92 Å². The van der Waals surface area contributed by atoms with E-state index in [2.05, 4.69) is 41.5 Å². The molecule has 1 aromatic heterocycles. The topological polar surface area (TPSA) is 69.0 Å². The molecule has 0 unspecified atom stereocenters. The van der Waals surface area contributed by atoms with E-state index in [-0.39, 0.29) is 5.91 Å². The first kappa shape index (κ1) is 21.9. The number of hydrogen-bond acceptors (Lipinski definition) is 5. The number of amides is 1. The summed E-state index contributed by atoms with van der Waals surface area (Å²) in [6.07, 6.45) is 2.04. The number of carbonyl (C=O) groups excluding carboxylic acids is 1. The molecule has 158 valence electrons. The Hall–Kier alpha value is -2.80. The average molecular weight is 425 g/mol. The SMILES string of the molecule is CCCCNC(=O)CSc1nnc(-c2cccc(C)c2)n1-c1ccc(OCC)cc1. The van der Waals surface area contributed by atoms with Crippen LogP contribution in [0.15, 0.2) is 53.7 Å². The number of benzene rings is 2. The van der Waals surface area contributed by atoms with Crippen LogP contribution in [0.25, 0.3) is 17.1 Å². The first-order valence-corrected chi connectivity index (χ1v) is 11.3. The Balaban J connectivity index is 1.90. The fourth-order valence-electron chi connectivity index (χ4n) is 3.01. The maximum Gasteiger partial charge on any atom is 0.230 e. The molecular formula is C23H28N4O2S. The molecule has 1 amide bonds. The van der Waals surface area contributed by atoms with Gasteiger partial charge >= 0.3 is 0 Å². The van der Waals surface area contributed by atoms with Gasteiger partial charge in [0.05, 0.1) is 12.4 Å². The van der Waals surface area contributed by atoms with Crippen molar-refractivity contribution in [2.75, 3.05) is 18.9 Å². The summed E-state index contributed by atoms with van der Waals surface area (Å²) in [5, 5.41) is 12.5. The number of carbonyl (C=O) groups is 1. The third kappa shape index (κ3) is 5.63. The molecule has 0 saturated carbocycles. The molecule has 0 radical (unpaired) electrons. The number of rotatable bonds is 10. The van der Waals surface area contributed by atoms with Crippen LogP contribution in [-0.2, 0) is 4.79 Å². The van der Waals surface area contributed by atoms with Gasteiger partial charge in [0, 0.05) is 17.8 Å². The number of unbranched alkanes of at least 4 members (excludes halogenated alkanes) is 1. The zero-order chi connectivity index (χ0) is 21.3. The van der Waals surface area contributed by atoms with Gasteiger partial charge in [0.2, 0.25) is 5.91 Å². The summed E-state index contributed by atoms with van der Waals surface area (Å²) in [6.45, 7) is 7.44. The van der Waals surface area contributed by atoms with Crippen molar-refractivity contribution in [1.29, 1.82) is 0 Å². The number of aryl methyl sites for hydroxylation is 1. The van der Waals surface area contributed by atoms with E-state index in [1.807, 2.05) is 47.9 Å². The zero-order valence-electron chi connectivity index (χ0n) is 17.7. The van der Waals surface area contributed by atoms with Gasteiger partial charge in [0.15, 0.2) is 11.0 Å². The summed E-state index contributed by atoms with van der Waals surface area (Å²) in [7, 11) is 0. The molecule has 3 aromatic rings. The summed E-state index contributed by atoms with van der Waals surface area (Å²) in [4.78, 5) is 12.2. The van der Waals surface area contributed by atoms with Crippen molar-refractivity contribution in [3.63, 3.8) is 0 Å². The van der Waals surface area contributed by atoms with Gasteiger partial charge in [-0.1, -0.05) is 48.9 Å². The van der Waals surface area contributed by atoms with E-state index in [4.69, 9.17) is 4.74 Å². The second-order valence-electron chi connectivity index (χ2n) is 6.93. The highest BCUT2D eigenvalue weighted by Crippen LogP contribution is 2.29. The first-order valence-electron chi connectivity index (χ1n) is 10.3. The number of aromatic nitrogens is 3. The van der Waals surface area contributed by atoms with E-state index in [1.54, 1.807) is 0 Å². The zero-order valence-corrected chi connectivity index (χ0v) is 18.5. The number of thioether (sulfide) groups is 1. The number of hydrogen-bond donors (Lipinski definition) is 1. The second kappa shape index (κ2) is 10.8. The predicted molar refractivity (Wildman–Crippen MR) is 121 cm³/mol. The van der Waals surface area contributed by atoms with Crippen LogP contribution in [0.1, 0.15) is 32.3 Å². The molecule has 0 fully saturated rings. The molecule has 0 bridgehead atoms. The predicted octanol–water partition coefficient (Wildman–Crippen LogP) is 4.65. The lowest BCUT2D eigenvalue weighted by atomic mass is 10.1. The third-order valence-electron chi connectivity index (χ3n) is 4.50. The van der Waals surface area contributed by atoms with Crippen LogP contribution in [0.2, 0.25) is 0 Å². The van der Waals surface area contributed by atoms with Gasteiger partial charge in [0.1, 0.15) is 5.75 Å². The molecule has 6 nitrogen and oxygen atoms in total. The molecule has 0 saturated heterocycles. The van der Waals surface area contributed by atoms with Crippen molar-refractivity contribution in [2.45, 2.75) is 38.8 Å². The lowest BCUT2D eigenvalue weighted by molar-refractivity contribution is -0.118. The van der Waals surface area contributed by atoms with Gasteiger partial charge in [-0.05, 0) is 50.6 Å². The standard InChI is InChI=1S/C23H28N4O2S/c1-4-6-14-24-21(28)16-30-23-26-25-22(18-9-7-8-17(3)15-18)27(23)19-10-12-20(13-11-19)29-5-2/h7-13,15H,4-6,14,16H2,1-3H3,(H,24,28). The Morgan fingerprint density at radius 2 is 1.93 bits per heavy atom. The molecule has 7 heteroatoms. The lowest BCUT2D eigenvalue weighted by Crippen LogP contribution is -2.26. The van der Waals surface area contributed by atoms with E-state index in [0.29, 0.717) is 24.1 Å². The van der Waals surface area contributed by atoms with Gasteiger partial charge in [-0.2, -0.15) is 0 Å². The molecule has 3 rings (SSSR count). The molecule has 1 N–H and O–H groups in total. The van der Waals surface area contributed by atoms with Gasteiger partial charge in [0.25, 0.3) is 0 Å². The van der Waals surface area contributed by atoms with E-state index in [1.165, 1.54) is 11.8 Å². The smallest absolute Gasteiger partial charge is 0.230 e. The van der Waals surface area contributed by atoms with Crippen LogP contribution in [0.5, 0.6) is 5.75 Å². The summed E-state index contributed by atoms with van der Waals surface area (Å²) in [5.41, 5.74) is 3.06. The summed E-state index contributed by atoms with van der Waals surface area (Å²) in [6, 6.07) is 16.0. The van der Waals surface area contributed by atoms with Crippen molar-refractivity contribution in [3.8, 4) is 22.8 Å². The highest BCUT2D eigenvalue weighted by atomic mass is 32.2. The molecular weight excluding hydrogens is 396 g/mol. The summed E-state index contributed by atoms with van der Waals surface area (Å²) < 4.78 is 7.56. The largest absolute Gasteiger partial charge is 0.494 e. The van der Waals surface area contributed by atoms with Crippen molar-refractivity contribution >= 4 is 17.7 Å². The number of nitrogens with one attached hydrogen (secondary N) is 1. The Bertz CT molecular complexity index is 970. The van der Waals surface area contributed by atoms with Crippen molar-refractivity contribution in [2.24, 2.45) is 0 Å². The molecule has 30 heavy (non-hydrogen) atoms. The highest BCUT2D eigenvalue weighted by Gasteiger charge is 2.17. The summed E-state index contributed by atoms with van der Waals surface area (Å²) >= 11 is 1.39. The van der Waals surface area contributed by atoms with Gasteiger partial charge in [-0.3, -0.25) is 9.36 Å².